The van der Waals surface area contributed by atoms with Gasteiger partial charge in [-0.25, -0.2) is 9.59 Å². The number of unbranched alkanes of at least 4 members (excludes halogenated alkanes) is 24. The Bertz CT molecular complexity index is 1200. The van der Waals surface area contributed by atoms with Crippen LogP contribution in [0.3, 0.4) is 0 Å². The zero-order valence-electron chi connectivity index (χ0n) is 42.4. The predicted molar refractivity (Wildman–Crippen MR) is 262 cm³/mol. The van der Waals surface area contributed by atoms with Crippen LogP contribution < -0.4 is 10.6 Å². The quantitative estimate of drug-likeness (QED) is 0.0342. The highest BCUT2D eigenvalue weighted by molar-refractivity contribution is 7.99. The molecule has 376 valence electrons. The minimum Gasteiger partial charge on any atom is -0.467 e. The number of hydrogen-bond donors (Lipinski definition) is 2. The Kier molecular flexibility index (Phi) is 38.0. The number of thioether (sulfide) groups is 1. The van der Waals surface area contributed by atoms with Crippen LogP contribution in [0.2, 0.25) is 0 Å². The van der Waals surface area contributed by atoms with Crippen LogP contribution in [0.25, 0.3) is 0 Å². The summed E-state index contributed by atoms with van der Waals surface area (Å²) in [7, 11) is 1.22. The topological polar surface area (TPSA) is 156 Å². The number of carbonyl (C=O) groups excluding carboxylic acids is 5. The van der Waals surface area contributed by atoms with Crippen molar-refractivity contribution in [2.75, 3.05) is 31.8 Å². The minimum absolute atomic E-state index is 0.0406. The second-order valence-corrected chi connectivity index (χ2v) is 20.6. The molecule has 0 aromatic carbocycles. The molecule has 0 bridgehead atoms. The van der Waals surface area contributed by atoms with Crippen molar-refractivity contribution in [3.8, 4) is 0 Å². The van der Waals surface area contributed by atoms with Crippen LogP contribution in [0.5, 0.6) is 0 Å². The molecule has 2 amide bonds. The number of ether oxygens (including phenoxy) is 5. The summed E-state index contributed by atoms with van der Waals surface area (Å²) >= 11 is 1.25. The molecule has 12 nitrogen and oxygen atoms in total. The number of nitrogens with one attached hydrogen (secondary N) is 2. The standard InChI is InChI=1S/C51H96N2O10S/c1-10-12-14-16-18-20-22-24-26-28-30-32-34-36-45(54)60-38-42(62-46(55)37-35-33-31-29-27-25-23-21-19-17-15-13-11-2)40-64-41-44(53-49(58)63-51(6,7)8)47(56)52-43(48(57)59-9)39-61-50(3,4)5/h42-44H,10-41H2,1-9H3,(H,52,56)(H,53,58)/t42?,43-,44-/m0/s1. The Hall–Kier alpha value is -2.54. The second kappa shape index (κ2) is 39.6. The van der Waals surface area contributed by atoms with Gasteiger partial charge in [-0.15, -0.1) is 0 Å². The van der Waals surface area contributed by atoms with E-state index in [1.54, 1.807) is 20.8 Å². The average molecular weight is 929 g/mol. The molecule has 13 heteroatoms. The van der Waals surface area contributed by atoms with Gasteiger partial charge in [0.25, 0.3) is 0 Å². The van der Waals surface area contributed by atoms with E-state index < -0.39 is 47.4 Å². The Balaban J connectivity index is 5.30. The van der Waals surface area contributed by atoms with Gasteiger partial charge in [0.1, 0.15) is 24.4 Å². The van der Waals surface area contributed by atoms with E-state index in [0.717, 1.165) is 44.9 Å². The molecule has 3 atom stereocenters. The largest absolute Gasteiger partial charge is 0.467 e. The van der Waals surface area contributed by atoms with Gasteiger partial charge in [-0.2, -0.15) is 11.8 Å². The zero-order chi connectivity index (χ0) is 47.9. The van der Waals surface area contributed by atoms with Crippen molar-refractivity contribution >= 4 is 41.7 Å². The molecule has 2 N–H and O–H groups in total. The Morgan fingerprint density at radius 1 is 0.500 bits per heavy atom. The summed E-state index contributed by atoms with van der Waals surface area (Å²) in [6.45, 7) is 14.9. The van der Waals surface area contributed by atoms with Crippen LogP contribution in [0.1, 0.15) is 235 Å². The number of carbonyl (C=O) groups is 5. The highest BCUT2D eigenvalue weighted by Gasteiger charge is 2.31. The summed E-state index contributed by atoms with van der Waals surface area (Å²) < 4.78 is 27.6. The van der Waals surface area contributed by atoms with E-state index in [9.17, 15) is 24.0 Å². The first kappa shape index (κ1) is 61.5. The van der Waals surface area contributed by atoms with Gasteiger partial charge in [0.05, 0.1) is 19.3 Å². The average Bonchev–Trinajstić information content (AvgIpc) is 3.22. The molecule has 0 fully saturated rings. The van der Waals surface area contributed by atoms with Crippen LogP contribution >= 0.6 is 11.8 Å². The monoisotopic (exact) mass is 929 g/mol. The van der Waals surface area contributed by atoms with Crippen molar-refractivity contribution < 1.29 is 47.7 Å². The van der Waals surface area contributed by atoms with Gasteiger partial charge >= 0.3 is 24.0 Å². The van der Waals surface area contributed by atoms with Gasteiger partial charge in [0.15, 0.2) is 6.04 Å². The fraction of sp³-hybridized carbons (Fsp3) is 0.902. The lowest BCUT2D eigenvalue weighted by Gasteiger charge is -2.27. The molecule has 0 aromatic heterocycles. The molecular weight excluding hydrogens is 833 g/mol. The van der Waals surface area contributed by atoms with E-state index in [-0.39, 0.29) is 43.1 Å². The van der Waals surface area contributed by atoms with Crippen molar-refractivity contribution in [1.29, 1.82) is 0 Å². The molecule has 0 saturated heterocycles. The number of hydrogen-bond acceptors (Lipinski definition) is 11. The third kappa shape index (κ3) is 39.8. The summed E-state index contributed by atoms with van der Waals surface area (Å²) in [5, 5.41) is 5.27. The van der Waals surface area contributed by atoms with E-state index in [1.807, 2.05) is 20.8 Å². The predicted octanol–water partition coefficient (Wildman–Crippen LogP) is 12.5. The summed E-state index contributed by atoms with van der Waals surface area (Å²) in [6.07, 6.45) is 30.5. The lowest BCUT2D eigenvalue weighted by Crippen LogP contribution is -2.55. The van der Waals surface area contributed by atoms with Crippen LogP contribution in [0, 0.1) is 0 Å². The molecule has 0 aliphatic heterocycles. The van der Waals surface area contributed by atoms with Gasteiger partial charge in [-0.1, -0.05) is 168 Å². The first-order valence-electron chi connectivity index (χ1n) is 25.5. The maximum Gasteiger partial charge on any atom is 0.408 e. The summed E-state index contributed by atoms with van der Waals surface area (Å²) in [6, 6.07) is -2.26. The molecule has 0 aliphatic carbocycles. The smallest absolute Gasteiger partial charge is 0.408 e. The molecule has 1 unspecified atom stereocenters. The number of methoxy groups -OCH3 is 1. The van der Waals surface area contributed by atoms with E-state index in [2.05, 4.69) is 24.5 Å². The van der Waals surface area contributed by atoms with Gasteiger partial charge in [-0.05, 0) is 54.4 Å². The fourth-order valence-electron chi connectivity index (χ4n) is 7.06. The molecule has 0 rings (SSSR count). The fourth-order valence-corrected chi connectivity index (χ4v) is 8.09. The van der Waals surface area contributed by atoms with Crippen molar-refractivity contribution in [3.63, 3.8) is 0 Å². The van der Waals surface area contributed by atoms with E-state index in [1.165, 1.54) is 141 Å². The summed E-state index contributed by atoms with van der Waals surface area (Å²) in [5.74, 6) is -1.80. The molecule has 0 heterocycles. The first-order chi connectivity index (χ1) is 30.5. The number of amides is 2. The Morgan fingerprint density at radius 2 is 0.922 bits per heavy atom. The van der Waals surface area contributed by atoms with E-state index >= 15 is 0 Å². The van der Waals surface area contributed by atoms with Gasteiger partial charge < -0.3 is 34.3 Å². The van der Waals surface area contributed by atoms with Crippen molar-refractivity contribution in [2.45, 2.75) is 265 Å². The third-order valence-electron chi connectivity index (χ3n) is 10.8. The van der Waals surface area contributed by atoms with Gasteiger partial charge in [-0.3, -0.25) is 14.4 Å². The highest BCUT2D eigenvalue weighted by atomic mass is 32.2. The number of esters is 3. The van der Waals surface area contributed by atoms with Crippen LogP contribution in [-0.2, 0) is 42.9 Å². The maximum absolute atomic E-state index is 13.6. The zero-order valence-corrected chi connectivity index (χ0v) is 43.2. The van der Waals surface area contributed by atoms with Crippen LogP contribution in [0.15, 0.2) is 0 Å². The second-order valence-electron chi connectivity index (χ2n) is 19.5. The normalized spacial score (nSPS) is 13.1. The van der Waals surface area contributed by atoms with Crippen molar-refractivity contribution in [1.82, 2.24) is 10.6 Å². The van der Waals surface area contributed by atoms with Crippen molar-refractivity contribution in [2.24, 2.45) is 0 Å². The summed E-state index contributed by atoms with van der Waals surface area (Å²) in [4.78, 5) is 65.0. The molecule has 0 aliphatic rings. The minimum atomic E-state index is -1.14. The number of rotatable bonds is 41. The van der Waals surface area contributed by atoms with Gasteiger partial charge in [0, 0.05) is 24.3 Å². The third-order valence-corrected chi connectivity index (χ3v) is 12.0. The molecule has 0 spiro atoms. The van der Waals surface area contributed by atoms with Crippen LogP contribution in [0.4, 0.5) is 4.79 Å². The highest BCUT2D eigenvalue weighted by Crippen LogP contribution is 2.17. The lowest BCUT2D eigenvalue weighted by molar-refractivity contribution is -0.157. The van der Waals surface area contributed by atoms with E-state index in [0.29, 0.717) is 6.42 Å². The molecule has 64 heavy (non-hydrogen) atoms. The molecular formula is C51H96N2O10S. The molecule has 0 radical (unpaired) electrons. The Labute approximate surface area is 395 Å². The van der Waals surface area contributed by atoms with E-state index in [4.69, 9.17) is 23.7 Å². The molecule has 0 aromatic rings. The number of alkyl carbamates (subject to hydrolysis) is 1. The lowest BCUT2D eigenvalue weighted by atomic mass is 10.0. The summed E-state index contributed by atoms with van der Waals surface area (Å²) in [5.41, 5.74) is -1.41. The molecule has 0 saturated carbocycles. The van der Waals surface area contributed by atoms with Crippen LogP contribution in [-0.4, -0.2) is 91.1 Å². The SMILES string of the molecule is CCCCCCCCCCCCCCCC(=O)OCC(CSC[C@H](NC(=O)OC(C)(C)C)C(=O)N[C@@H](COC(C)(C)C)C(=O)OC)OC(=O)CCCCCCCCCCCCCCC. The van der Waals surface area contributed by atoms with Gasteiger partial charge in [0.2, 0.25) is 5.91 Å². The Morgan fingerprint density at radius 3 is 1.33 bits per heavy atom. The van der Waals surface area contributed by atoms with Crippen molar-refractivity contribution in [3.05, 3.63) is 0 Å². The maximum atomic E-state index is 13.6. The first-order valence-corrected chi connectivity index (χ1v) is 26.6.